The number of amides is 1. The summed E-state index contributed by atoms with van der Waals surface area (Å²) < 4.78 is 1.46. The molecule has 1 heterocycles. The Morgan fingerprint density at radius 2 is 2.00 bits per heavy atom. The molecule has 0 aliphatic carbocycles. The minimum atomic E-state index is -1.15. The van der Waals surface area contributed by atoms with Gasteiger partial charge < -0.3 is 10.4 Å². The Morgan fingerprint density at radius 1 is 1.35 bits per heavy atom. The van der Waals surface area contributed by atoms with E-state index in [2.05, 4.69) is 10.4 Å². The molecule has 1 amide bonds. The highest BCUT2D eigenvalue weighted by molar-refractivity contribution is 6.30. The van der Waals surface area contributed by atoms with Crippen LogP contribution >= 0.6 is 11.6 Å². The van der Waals surface area contributed by atoms with Gasteiger partial charge in [-0.15, -0.1) is 0 Å². The van der Waals surface area contributed by atoms with Gasteiger partial charge >= 0.3 is 5.97 Å². The lowest BCUT2D eigenvalue weighted by Crippen LogP contribution is -2.34. The van der Waals surface area contributed by atoms with Crippen molar-refractivity contribution in [2.24, 2.45) is 7.05 Å². The monoisotopic (exact) mass is 335 g/mol. The summed E-state index contributed by atoms with van der Waals surface area (Å²) in [6.45, 7) is 2.02. The largest absolute Gasteiger partial charge is 0.479 e. The average Bonchev–Trinajstić information content (AvgIpc) is 2.86. The molecule has 0 aliphatic rings. The third-order valence-electron chi connectivity index (χ3n) is 3.39. The van der Waals surface area contributed by atoms with Crippen molar-refractivity contribution in [3.63, 3.8) is 0 Å². The Morgan fingerprint density at radius 3 is 2.57 bits per heavy atom. The van der Waals surface area contributed by atoms with Crippen molar-refractivity contribution in [2.75, 3.05) is 0 Å². The number of halogens is 1. The summed E-state index contributed by atoms with van der Waals surface area (Å²) in [5.74, 6) is -1.62. The summed E-state index contributed by atoms with van der Waals surface area (Å²) in [5.41, 5.74) is 1.58. The average molecular weight is 336 g/mol. The van der Waals surface area contributed by atoms with Gasteiger partial charge in [0.15, 0.2) is 6.04 Å². The fourth-order valence-corrected chi connectivity index (χ4v) is 2.39. The van der Waals surface area contributed by atoms with Crippen LogP contribution in [0.4, 0.5) is 0 Å². The Bertz CT molecular complexity index is 710. The minimum Gasteiger partial charge on any atom is -0.479 e. The van der Waals surface area contributed by atoms with E-state index in [1.807, 2.05) is 6.92 Å². The van der Waals surface area contributed by atoms with E-state index in [0.717, 1.165) is 18.5 Å². The van der Waals surface area contributed by atoms with Crippen LogP contribution in [0.1, 0.15) is 41.1 Å². The van der Waals surface area contributed by atoms with E-state index in [9.17, 15) is 14.7 Å². The van der Waals surface area contributed by atoms with Crippen molar-refractivity contribution >= 4 is 23.5 Å². The second kappa shape index (κ2) is 7.28. The number of carbonyl (C=O) groups is 2. The number of aryl methyl sites for hydroxylation is 2. The number of benzene rings is 1. The molecule has 0 bridgehead atoms. The number of nitrogens with zero attached hydrogens (tertiary/aromatic N) is 2. The number of hydrogen-bond donors (Lipinski definition) is 2. The molecule has 0 aliphatic heterocycles. The topological polar surface area (TPSA) is 84.2 Å². The van der Waals surface area contributed by atoms with Gasteiger partial charge in [0.05, 0.1) is 5.69 Å². The van der Waals surface area contributed by atoms with E-state index in [4.69, 9.17) is 11.6 Å². The molecule has 0 spiro atoms. The molecule has 1 aromatic carbocycles. The van der Waals surface area contributed by atoms with Crippen molar-refractivity contribution in [2.45, 2.75) is 25.8 Å². The number of rotatable bonds is 6. The molecule has 0 radical (unpaired) electrons. The molecule has 2 rings (SSSR count). The predicted octanol–water partition coefficient (Wildman–Crippen LogP) is 2.58. The van der Waals surface area contributed by atoms with Gasteiger partial charge in [0.1, 0.15) is 5.69 Å². The van der Waals surface area contributed by atoms with E-state index < -0.39 is 17.9 Å². The van der Waals surface area contributed by atoms with Crippen LogP contribution < -0.4 is 5.32 Å². The molecule has 2 N–H and O–H groups in total. The van der Waals surface area contributed by atoms with Gasteiger partial charge in [0.2, 0.25) is 0 Å². The highest BCUT2D eigenvalue weighted by atomic mass is 35.5. The van der Waals surface area contributed by atoms with E-state index in [1.165, 1.54) is 4.68 Å². The molecule has 0 saturated carbocycles. The first-order valence-corrected chi connectivity index (χ1v) is 7.62. The zero-order chi connectivity index (χ0) is 17.0. The van der Waals surface area contributed by atoms with Crippen molar-refractivity contribution in [3.8, 4) is 0 Å². The molecular formula is C16H18ClN3O3. The van der Waals surface area contributed by atoms with Gasteiger partial charge in [-0.3, -0.25) is 9.48 Å². The Balaban J connectivity index is 2.21. The molecule has 122 valence electrons. The van der Waals surface area contributed by atoms with Crippen LogP contribution in [0.2, 0.25) is 5.02 Å². The fourth-order valence-electron chi connectivity index (χ4n) is 2.27. The summed E-state index contributed by atoms with van der Waals surface area (Å²) in [6, 6.07) is 6.86. The maximum Gasteiger partial charge on any atom is 0.330 e. The normalized spacial score (nSPS) is 12.0. The molecule has 23 heavy (non-hydrogen) atoms. The van der Waals surface area contributed by atoms with Crippen LogP contribution in [0.5, 0.6) is 0 Å². The summed E-state index contributed by atoms with van der Waals surface area (Å²) in [4.78, 5) is 23.9. The Labute approximate surface area is 139 Å². The van der Waals surface area contributed by atoms with Gasteiger partial charge in [0.25, 0.3) is 5.91 Å². The standard InChI is InChI=1S/C16H18ClN3O3/c1-3-4-12-9-13(20(2)19-12)15(21)18-14(16(22)23)10-5-7-11(17)8-6-10/h5-9,14H,3-4H2,1-2H3,(H,18,21)(H,22,23)/t14-/m0/s1. The van der Waals surface area contributed by atoms with Gasteiger partial charge in [-0.2, -0.15) is 5.10 Å². The van der Waals surface area contributed by atoms with E-state index in [1.54, 1.807) is 37.4 Å². The van der Waals surface area contributed by atoms with Gasteiger partial charge in [-0.05, 0) is 30.2 Å². The van der Waals surface area contributed by atoms with Crippen LogP contribution in [0.15, 0.2) is 30.3 Å². The van der Waals surface area contributed by atoms with Crippen LogP contribution in [-0.2, 0) is 18.3 Å². The summed E-state index contributed by atoms with van der Waals surface area (Å²) in [7, 11) is 1.66. The van der Waals surface area contributed by atoms with E-state index >= 15 is 0 Å². The highest BCUT2D eigenvalue weighted by Crippen LogP contribution is 2.18. The number of aromatic nitrogens is 2. The molecule has 1 atom stereocenters. The van der Waals surface area contributed by atoms with Crippen molar-refractivity contribution in [1.82, 2.24) is 15.1 Å². The van der Waals surface area contributed by atoms with E-state index in [0.29, 0.717) is 16.3 Å². The summed E-state index contributed by atoms with van der Waals surface area (Å²) in [6.07, 6.45) is 1.68. The molecule has 1 aromatic heterocycles. The molecule has 2 aromatic rings. The van der Waals surface area contributed by atoms with E-state index in [-0.39, 0.29) is 0 Å². The molecule has 6 nitrogen and oxygen atoms in total. The van der Waals surface area contributed by atoms with Crippen LogP contribution in [0, 0.1) is 0 Å². The van der Waals surface area contributed by atoms with Gasteiger partial charge in [-0.25, -0.2) is 4.79 Å². The Kier molecular flexibility index (Phi) is 5.39. The molecule has 0 saturated heterocycles. The zero-order valence-electron chi connectivity index (χ0n) is 12.9. The highest BCUT2D eigenvalue weighted by Gasteiger charge is 2.24. The van der Waals surface area contributed by atoms with Crippen LogP contribution in [0.25, 0.3) is 0 Å². The second-order valence-corrected chi connectivity index (χ2v) is 5.63. The predicted molar refractivity (Wildman–Crippen MR) is 86.5 cm³/mol. The van der Waals surface area contributed by atoms with Crippen LogP contribution in [0.3, 0.4) is 0 Å². The molecule has 0 unspecified atom stereocenters. The number of hydrogen-bond acceptors (Lipinski definition) is 3. The number of carbonyl (C=O) groups excluding carboxylic acids is 1. The minimum absolute atomic E-state index is 0.327. The van der Waals surface area contributed by atoms with Crippen molar-refractivity contribution < 1.29 is 14.7 Å². The lowest BCUT2D eigenvalue weighted by molar-refractivity contribution is -0.139. The number of carboxylic acid groups (broad SMARTS) is 1. The third-order valence-corrected chi connectivity index (χ3v) is 3.65. The maximum absolute atomic E-state index is 12.4. The first kappa shape index (κ1) is 17.0. The maximum atomic E-state index is 12.4. The number of carboxylic acids is 1. The SMILES string of the molecule is CCCc1cc(C(=O)N[C@H](C(=O)O)c2ccc(Cl)cc2)n(C)n1. The molecular weight excluding hydrogens is 318 g/mol. The van der Waals surface area contributed by atoms with Crippen molar-refractivity contribution in [1.29, 1.82) is 0 Å². The quantitative estimate of drug-likeness (QED) is 0.849. The summed E-state index contributed by atoms with van der Waals surface area (Å²) in [5, 5.41) is 16.7. The lowest BCUT2D eigenvalue weighted by atomic mass is 10.1. The molecule has 0 fully saturated rings. The van der Waals surface area contributed by atoms with Gasteiger partial charge in [-0.1, -0.05) is 37.1 Å². The van der Waals surface area contributed by atoms with Gasteiger partial charge in [0, 0.05) is 12.1 Å². The van der Waals surface area contributed by atoms with Crippen LogP contribution in [-0.4, -0.2) is 26.8 Å². The second-order valence-electron chi connectivity index (χ2n) is 5.19. The third kappa shape index (κ3) is 4.10. The van der Waals surface area contributed by atoms with Crippen molar-refractivity contribution in [3.05, 3.63) is 52.3 Å². The summed E-state index contributed by atoms with van der Waals surface area (Å²) >= 11 is 5.80. The first-order chi connectivity index (χ1) is 10.9. The number of nitrogens with one attached hydrogen (secondary N) is 1. The Hall–Kier alpha value is -2.34. The smallest absolute Gasteiger partial charge is 0.330 e. The zero-order valence-corrected chi connectivity index (χ0v) is 13.7. The number of aliphatic carboxylic acids is 1. The first-order valence-electron chi connectivity index (χ1n) is 7.24. The fraction of sp³-hybridized carbons (Fsp3) is 0.312. The molecule has 7 heteroatoms. The lowest BCUT2D eigenvalue weighted by Gasteiger charge is -2.15.